The van der Waals surface area contributed by atoms with Crippen LogP contribution in [0.25, 0.3) is 11.3 Å². The fraction of sp³-hybridized carbons (Fsp3) is 0.238. The Kier molecular flexibility index (Phi) is 6.27. The van der Waals surface area contributed by atoms with E-state index in [9.17, 15) is 0 Å². The molecule has 0 aliphatic carbocycles. The quantitative estimate of drug-likeness (QED) is 0.614. The number of hydrogen-bond donors (Lipinski definition) is 2. The van der Waals surface area contributed by atoms with Gasteiger partial charge in [-0.1, -0.05) is 48.0 Å². The first-order valence-corrected chi connectivity index (χ1v) is 9.25. The number of halogens is 1. The Hall–Kier alpha value is -2.63. The lowest BCUT2D eigenvalue weighted by molar-refractivity contribution is 0.425. The standard InChI is InChI=1S/C21H24ClN5/c1-15-9-10-17(13-18(15)22)24-20-14-19(16-7-5-4-6-8-16)25-21(26-20)23-11-12-27(2)3/h4-10,13-14H,11-12H2,1-3H3,(H2,23,24,25,26). The molecule has 0 saturated heterocycles. The molecule has 0 aliphatic heterocycles. The van der Waals surface area contributed by atoms with Gasteiger partial charge in [0, 0.05) is 35.4 Å². The third-order valence-electron chi connectivity index (χ3n) is 4.08. The molecule has 0 fully saturated rings. The van der Waals surface area contributed by atoms with Crippen LogP contribution in [0.1, 0.15) is 5.56 Å². The summed E-state index contributed by atoms with van der Waals surface area (Å²) in [4.78, 5) is 11.4. The number of nitrogens with one attached hydrogen (secondary N) is 2. The lowest BCUT2D eigenvalue weighted by Gasteiger charge is -2.13. The van der Waals surface area contributed by atoms with E-state index in [0.717, 1.165) is 46.4 Å². The highest BCUT2D eigenvalue weighted by molar-refractivity contribution is 6.31. The summed E-state index contributed by atoms with van der Waals surface area (Å²) in [6.07, 6.45) is 0. The predicted octanol–water partition coefficient (Wildman–Crippen LogP) is 4.82. The van der Waals surface area contributed by atoms with Crippen molar-refractivity contribution < 1.29 is 0 Å². The Balaban J connectivity index is 1.90. The van der Waals surface area contributed by atoms with Gasteiger partial charge < -0.3 is 15.5 Å². The highest BCUT2D eigenvalue weighted by Gasteiger charge is 2.08. The first kappa shape index (κ1) is 19.1. The fourth-order valence-corrected chi connectivity index (χ4v) is 2.74. The van der Waals surface area contributed by atoms with E-state index in [4.69, 9.17) is 11.6 Å². The Labute approximate surface area is 165 Å². The molecule has 6 heteroatoms. The maximum Gasteiger partial charge on any atom is 0.225 e. The van der Waals surface area contributed by atoms with Crippen molar-refractivity contribution >= 4 is 29.1 Å². The van der Waals surface area contributed by atoms with Crippen molar-refractivity contribution in [3.05, 3.63) is 65.2 Å². The minimum Gasteiger partial charge on any atom is -0.353 e. The van der Waals surface area contributed by atoms with E-state index < -0.39 is 0 Å². The average Bonchev–Trinajstić information content (AvgIpc) is 2.65. The minimum atomic E-state index is 0.596. The van der Waals surface area contributed by atoms with Crippen molar-refractivity contribution in [1.82, 2.24) is 14.9 Å². The molecule has 140 valence electrons. The molecule has 2 N–H and O–H groups in total. The van der Waals surface area contributed by atoms with Crippen LogP contribution in [-0.2, 0) is 0 Å². The molecular weight excluding hydrogens is 358 g/mol. The molecule has 1 aromatic heterocycles. The van der Waals surface area contributed by atoms with Crippen molar-refractivity contribution in [2.24, 2.45) is 0 Å². The molecule has 0 unspecified atom stereocenters. The van der Waals surface area contributed by atoms with Gasteiger partial charge in [0.15, 0.2) is 0 Å². The van der Waals surface area contributed by atoms with Gasteiger partial charge in [0.1, 0.15) is 5.82 Å². The number of hydrogen-bond acceptors (Lipinski definition) is 5. The predicted molar refractivity (Wildman–Crippen MR) is 114 cm³/mol. The lowest BCUT2D eigenvalue weighted by Crippen LogP contribution is -2.21. The van der Waals surface area contributed by atoms with Crippen LogP contribution in [-0.4, -0.2) is 42.1 Å². The third kappa shape index (κ3) is 5.42. The lowest BCUT2D eigenvalue weighted by atomic mass is 10.1. The van der Waals surface area contributed by atoms with Gasteiger partial charge in [-0.15, -0.1) is 0 Å². The van der Waals surface area contributed by atoms with E-state index in [1.807, 2.05) is 75.6 Å². The maximum absolute atomic E-state index is 6.25. The number of likely N-dealkylation sites (N-methyl/N-ethyl adjacent to an activating group) is 1. The summed E-state index contributed by atoms with van der Waals surface area (Å²) in [7, 11) is 4.08. The second-order valence-electron chi connectivity index (χ2n) is 6.65. The number of aromatic nitrogens is 2. The topological polar surface area (TPSA) is 53.1 Å². The van der Waals surface area contributed by atoms with Gasteiger partial charge in [0.25, 0.3) is 0 Å². The van der Waals surface area contributed by atoms with Gasteiger partial charge >= 0.3 is 0 Å². The van der Waals surface area contributed by atoms with Crippen LogP contribution in [0.15, 0.2) is 54.6 Å². The normalized spacial score (nSPS) is 10.9. The van der Waals surface area contributed by atoms with Crippen LogP contribution >= 0.6 is 11.6 Å². The number of rotatable bonds is 7. The van der Waals surface area contributed by atoms with Gasteiger partial charge in [-0.3, -0.25) is 0 Å². The Morgan fingerprint density at radius 2 is 1.78 bits per heavy atom. The summed E-state index contributed by atoms with van der Waals surface area (Å²) in [6.45, 7) is 3.65. The summed E-state index contributed by atoms with van der Waals surface area (Å²) in [5, 5.41) is 7.36. The summed E-state index contributed by atoms with van der Waals surface area (Å²) < 4.78 is 0. The van der Waals surface area contributed by atoms with Crippen LogP contribution in [0.3, 0.4) is 0 Å². The largest absolute Gasteiger partial charge is 0.353 e. The van der Waals surface area contributed by atoms with Crippen LogP contribution < -0.4 is 10.6 Å². The van der Waals surface area contributed by atoms with Crippen molar-refractivity contribution in [2.75, 3.05) is 37.8 Å². The summed E-state index contributed by atoms with van der Waals surface area (Å²) >= 11 is 6.25. The molecule has 0 atom stereocenters. The molecule has 0 radical (unpaired) electrons. The Morgan fingerprint density at radius 1 is 1.00 bits per heavy atom. The van der Waals surface area contributed by atoms with Crippen LogP contribution in [0, 0.1) is 6.92 Å². The van der Waals surface area contributed by atoms with Crippen LogP contribution in [0.5, 0.6) is 0 Å². The number of benzene rings is 2. The molecule has 3 aromatic rings. The van der Waals surface area contributed by atoms with Gasteiger partial charge in [0.05, 0.1) is 5.69 Å². The molecule has 0 bridgehead atoms. The van der Waals surface area contributed by atoms with Gasteiger partial charge in [-0.25, -0.2) is 4.98 Å². The number of nitrogens with zero attached hydrogens (tertiary/aromatic N) is 3. The van der Waals surface area contributed by atoms with E-state index in [-0.39, 0.29) is 0 Å². The fourth-order valence-electron chi connectivity index (χ4n) is 2.56. The second kappa shape index (κ2) is 8.84. The van der Waals surface area contributed by atoms with E-state index >= 15 is 0 Å². The first-order chi connectivity index (χ1) is 13.0. The van der Waals surface area contributed by atoms with E-state index in [0.29, 0.717) is 5.95 Å². The zero-order chi connectivity index (χ0) is 19.2. The molecule has 1 heterocycles. The van der Waals surface area contributed by atoms with Gasteiger partial charge in [-0.05, 0) is 38.7 Å². The average molecular weight is 382 g/mol. The molecule has 5 nitrogen and oxygen atoms in total. The SMILES string of the molecule is Cc1ccc(Nc2cc(-c3ccccc3)nc(NCCN(C)C)n2)cc1Cl. The molecular formula is C21H24ClN5. The molecule has 2 aromatic carbocycles. The van der Waals surface area contributed by atoms with E-state index in [2.05, 4.69) is 25.5 Å². The third-order valence-corrected chi connectivity index (χ3v) is 4.49. The molecule has 27 heavy (non-hydrogen) atoms. The first-order valence-electron chi connectivity index (χ1n) is 8.87. The molecule has 0 spiro atoms. The van der Waals surface area contributed by atoms with E-state index in [1.54, 1.807) is 0 Å². The number of aryl methyl sites for hydroxylation is 1. The summed E-state index contributed by atoms with van der Waals surface area (Å²) in [5.74, 6) is 1.31. The highest BCUT2D eigenvalue weighted by atomic mass is 35.5. The molecule has 0 amide bonds. The summed E-state index contributed by atoms with van der Waals surface area (Å²) in [5.41, 5.74) is 3.84. The monoisotopic (exact) mass is 381 g/mol. The number of anilines is 3. The summed E-state index contributed by atoms with van der Waals surface area (Å²) in [6, 6.07) is 17.9. The van der Waals surface area contributed by atoms with Gasteiger partial charge in [-0.2, -0.15) is 4.98 Å². The van der Waals surface area contributed by atoms with Crippen molar-refractivity contribution in [2.45, 2.75) is 6.92 Å². The van der Waals surface area contributed by atoms with E-state index in [1.165, 1.54) is 0 Å². The zero-order valence-corrected chi connectivity index (χ0v) is 16.6. The molecule has 0 aliphatic rings. The van der Waals surface area contributed by atoms with Crippen molar-refractivity contribution in [1.29, 1.82) is 0 Å². The maximum atomic E-state index is 6.25. The van der Waals surface area contributed by atoms with Gasteiger partial charge in [0.2, 0.25) is 5.95 Å². The Bertz CT molecular complexity index is 896. The Morgan fingerprint density at radius 3 is 2.48 bits per heavy atom. The van der Waals surface area contributed by atoms with Crippen LogP contribution in [0.4, 0.5) is 17.5 Å². The second-order valence-corrected chi connectivity index (χ2v) is 7.05. The minimum absolute atomic E-state index is 0.596. The van der Waals surface area contributed by atoms with Crippen molar-refractivity contribution in [3.63, 3.8) is 0 Å². The van der Waals surface area contributed by atoms with Crippen LogP contribution in [0.2, 0.25) is 5.02 Å². The zero-order valence-electron chi connectivity index (χ0n) is 15.8. The molecule has 0 saturated carbocycles. The smallest absolute Gasteiger partial charge is 0.225 e. The molecule has 3 rings (SSSR count). The van der Waals surface area contributed by atoms with Crippen molar-refractivity contribution in [3.8, 4) is 11.3 Å². The highest BCUT2D eigenvalue weighted by Crippen LogP contribution is 2.26.